The minimum atomic E-state index is -4.68. The second-order valence-electron chi connectivity index (χ2n) is 21.6. The Kier molecular flexibility index (Phi) is 15.5. The fraction of sp³-hybridized carbons (Fsp3) is 0.527. The maximum Gasteiger partial charge on any atom is 0.406 e. The van der Waals surface area contributed by atoms with Crippen molar-refractivity contribution in [2.75, 3.05) is 40.4 Å². The first-order valence-corrected chi connectivity index (χ1v) is 25.3. The summed E-state index contributed by atoms with van der Waals surface area (Å²) in [4.78, 5) is 78.8. The van der Waals surface area contributed by atoms with Crippen molar-refractivity contribution < 1.29 is 55.4 Å². The van der Waals surface area contributed by atoms with E-state index >= 15 is 18.4 Å². The lowest BCUT2D eigenvalue weighted by atomic mass is 9.82. The van der Waals surface area contributed by atoms with Crippen LogP contribution >= 0.6 is 0 Å². The molecule has 14 nitrogen and oxygen atoms in total. The number of carbonyl (C=O) groups is 5. The van der Waals surface area contributed by atoms with Crippen LogP contribution in [0.15, 0.2) is 67.4 Å². The summed E-state index contributed by atoms with van der Waals surface area (Å²) in [6, 6.07) is 10.3. The van der Waals surface area contributed by atoms with Gasteiger partial charge in [0.05, 0.1) is 30.0 Å². The molecular weight excluding hydrogens is 966 g/mol. The van der Waals surface area contributed by atoms with Crippen molar-refractivity contribution in [1.29, 1.82) is 0 Å². The first-order chi connectivity index (χ1) is 34.9. The Morgan fingerprint density at radius 1 is 1.01 bits per heavy atom. The first-order valence-electron chi connectivity index (χ1n) is 25.3. The lowest BCUT2D eigenvalue weighted by Crippen LogP contribution is -2.69. The number of nitrogens with zero attached hydrogens (tertiary/aromatic N) is 5. The van der Waals surface area contributed by atoms with Gasteiger partial charge in [-0.2, -0.15) is 13.2 Å². The quantitative estimate of drug-likeness (QED) is 0.0808. The Balaban J connectivity index is 1.30. The number of methoxy groups -OCH3 is 1. The van der Waals surface area contributed by atoms with Gasteiger partial charge in [-0.25, -0.2) is 14.2 Å². The van der Waals surface area contributed by atoms with Gasteiger partial charge in [0.15, 0.2) is 0 Å². The molecule has 3 fully saturated rings. The van der Waals surface area contributed by atoms with Crippen LogP contribution in [-0.4, -0.2) is 118 Å². The maximum atomic E-state index is 15.6. The predicted octanol–water partition coefficient (Wildman–Crippen LogP) is 8.52. The summed E-state index contributed by atoms with van der Waals surface area (Å²) < 4.78 is 87.9. The second kappa shape index (κ2) is 21.2. The molecule has 0 spiro atoms. The molecule has 8 rings (SSSR count). The Labute approximate surface area is 428 Å². The first kappa shape index (κ1) is 54.1. The van der Waals surface area contributed by atoms with Gasteiger partial charge >= 0.3 is 12.1 Å². The summed E-state index contributed by atoms with van der Waals surface area (Å²) in [6.07, 6.45) is -3.79. The van der Waals surface area contributed by atoms with E-state index in [1.165, 1.54) is 57.9 Å². The smallest absolute Gasteiger partial charge is 0.406 e. The highest BCUT2D eigenvalue weighted by atomic mass is 19.4. The molecule has 19 heteroatoms. The van der Waals surface area contributed by atoms with Crippen LogP contribution < -0.4 is 10.7 Å². The number of hydrogen-bond acceptors (Lipinski definition) is 9. The van der Waals surface area contributed by atoms with Gasteiger partial charge in [-0.1, -0.05) is 46.4 Å². The monoisotopic (exact) mass is 1030 g/mol. The standard InChI is InChI=1S/C55H66F5N7O7/c1-9-44(68)65-21-18-35(28-65)50(70)64(7)46(31(2)3)49(69)62-54(38-15-16-38)26-33-22-36(24-37(23-33)48(56)57)34-14-17-43-40(25-34)41(27-53(5,6)30-74-51(71)42-13-11-20-67(63-42)52(54)72)47(66(43)29-55(58,59)60)39-12-10-19-61-45(39)32(4)73-8/h9-10,12,14,17,19,22-25,31-32,35,38,42,46,48,63H,1,11,13,15-16,18,20-21,26-30H2,2-8H3,(H,62,69)/t32-,35-,42-,46-,54+/m0/s1. The molecule has 2 aromatic carbocycles. The number of ether oxygens (including phenoxy) is 2. The molecule has 2 N–H and O–H groups in total. The van der Waals surface area contributed by atoms with Crippen molar-refractivity contribution in [3.8, 4) is 22.4 Å². The Morgan fingerprint density at radius 3 is 2.42 bits per heavy atom. The number of pyridine rings is 1. The van der Waals surface area contributed by atoms with Gasteiger partial charge in [0.25, 0.3) is 12.3 Å². The second-order valence-corrected chi connectivity index (χ2v) is 21.6. The van der Waals surface area contributed by atoms with E-state index in [0.717, 1.165) is 0 Å². The number of aromatic nitrogens is 2. The van der Waals surface area contributed by atoms with Crippen molar-refractivity contribution >= 4 is 40.5 Å². The summed E-state index contributed by atoms with van der Waals surface area (Å²) in [5.41, 5.74) is 2.67. The highest BCUT2D eigenvalue weighted by Crippen LogP contribution is 2.46. The normalized spacial score (nSPS) is 22.4. The highest BCUT2D eigenvalue weighted by Gasteiger charge is 2.55. The van der Waals surface area contributed by atoms with E-state index in [2.05, 4.69) is 22.3 Å². The van der Waals surface area contributed by atoms with Crippen molar-refractivity contribution in [2.45, 2.75) is 122 Å². The number of likely N-dealkylation sites (tertiary alicyclic amines) is 1. The molecule has 1 aliphatic carbocycles. The van der Waals surface area contributed by atoms with E-state index < -0.39 is 83.8 Å². The van der Waals surface area contributed by atoms with Gasteiger partial charge in [-0.3, -0.25) is 34.0 Å². The molecule has 1 saturated carbocycles. The van der Waals surface area contributed by atoms with E-state index in [0.29, 0.717) is 65.6 Å². The maximum absolute atomic E-state index is 15.6. The molecule has 398 valence electrons. The molecule has 4 aromatic rings. The van der Waals surface area contributed by atoms with Crippen molar-refractivity contribution in [3.05, 3.63) is 89.8 Å². The largest absolute Gasteiger partial charge is 0.464 e. The number of fused-ring (bicyclic) bond motifs is 6. The number of halogens is 5. The summed E-state index contributed by atoms with van der Waals surface area (Å²) in [7, 11) is 2.99. The number of cyclic esters (lactones) is 1. The Hall–Kier alpha value is -6.21. The van der Waals surface area contributed by atoms with E-state index in [1.54, 1.807) is 57.2 Å². The van der Waals surface area contributed by atoms with Crippen molar-refractivity contribution in [1.82, 2.24) is 35.1 Å². The van der Waals surface area contributed by atoms with Gasteiger partial charge in [0.1, 0.15) is 24.2 Å². The van der Waals surface area contributed by atoms with E-state index in [4.69, 9.17) is 9.47 Å². The average Bonchev–Trinajstić information content (AvgIpc) is 4.04. The molecule has 2 saturated heterocycles. The van der Waals surface area contributed by atoms with Crippen molar-refractivity contribution in [2.24, 2.45) is 23.2 Å². The van der Waals surface area contributed by atoms with Gasteiger partial charge in [-0.15, -0.1) is 0 Å². The molecule has 0 radical (unpaired) electrons. The number of hydrazine groups is 1. The predicted molar refractivity (Wildman–Crippen MR) is 267 cm³/mol. The van der Waals surface area contributed by atoms with Crippen LogP contribution in [0.5, 0.6) is 0 Å². The SMILES string of the molecule is C=CC(=O)N1CC[C@H](C(=O)N(C)[C@H](C(=O)N[C@@]2(C3CC3)Cc3cc(cc(C(F)F)c3)-c3ccc4c(c3)c(c(-c3cccnc3[C@H](C)OC)n4CC(F)(F)F)CC(C)(C)COC(=O)[C@@H]3CCCN(N3)C2=O)C(C)C)C1. The van der Waals surface area contributed by atoms with Crippen LogP contribution in [0, 0.1) is 23.2 Å². The van der Waals surface area contributed by atoms with Crippen LogP contribution in [0.3, 0.4) is 0 Å². The fourth-order valence-corrected chi connectivity index (χ4v) is 11.3. The fourth-order valence-electron chi connectivity index (χ4n) is 11.3. The number of likely N-dealkylation sites (N-methyl/N-ethyl adjacent to an activating group) is 1. The zero-order chi connectivity index (χ0) is 53.6. The molecule has 5 atom stereocenters. The molecule has 3 aliphatic heterocycles. The number of carbonyl (C=O) groups excluding carboxylic acids is 5. The molecule has 6 bridgehead atoms. The third kappa shape index (κ3) is 11.1. The highest BCUT2D eigenvalue weighted by molar-refractivity contribution is 5.97. The van der Waals surface area contributed by atoms with Gasteiger partial charge in [0.2, 0.25) is 17.7 Å². The van der Waals surface area contributed by atoms with Crippen molar-refractivity contribution in [3.63, 3.8) is 0 Å². The lowest BCUT2D eigenvalue weighted by Gasteiger charge is -2.43. The van der Waals surface area contributed by atoms with Gasteiger partial charge in [0, 0.05) is 73.9 Å². The topological polar surface area (TPSA) is 155 Å². The number of esters is 1. The zero-order valence-electron chi connectivity index (χ0n) is 43.0. The number of alkyl halides is 5. The number of hydrogen-bond donors (Lipinski definition) is 2. The third-order valence-corrected chi connectivity index (χ3v) is 15.1. The van der Waals surface area contributed by atoms with Crippen LogP contribution in [0.4, 0.5) is 22.0 Å². The third-order valence-electron chi connectivity index (χ3n) is 15.1. The van der Waals surface area contributed by atoms with E-state index in [1.807, 2.05) is 13.8 Å². The number of nitrogens with one attached hydrogen (secondary N) is 2. The molecule has 0 unspecified atom stereocenters. The van der Waals surface area contributed by atoms with Crippen LogP contribution in [0.25, 0.3) is 33.3 Å². The number of rotatable bonds is 12. The number of amides is 4. The minimum absolute atomic E-state index is 0.0942. The Bertz CT molecular complexity index is 2830. The van der Waals surface area contributed by atoms with Crippen LogP contribution in [-0.2, 0) is 52.8 Å². The van der Waals surface area contributed by atoms with Gasteiger partial charge < -0.3 is 29.2 Å². The average molecular weight is 1030 g/mol. The molecule has 4 amide bonds. The molecule has 2 aromatic heterocycles. The van der Waals surface area contributed by atoms with E-state index in [9.17, 15) is 27.6 Å². The van der Waals surface area contributed by atoms with Gasteiger partial charge in [-0.05, 0) is 122 Å². The van der Waals surface area contributed by atoms with Crippen LogP contribution in [0.1, 0.15) is 102 Å². The molecular formula is C55H66F5N7O7. The summed E-state index contributed by atoms with van der Waals surface area (Å²) in [5, 5.41) is 4.83. The van der Waals surface area contributed by atoms with Crippen LogP contribution in [0.2, 0.25) is 0 Å². The molecule has 4 aliphatic rings. The van der Waals surface area contributed by atoms with E-state index in [-0.39, 0.29) is 73.1 Å². The molecule has 74 heavy (non-hydrogen) atoms. The Morgan fingerprint density at radius 2 is 1.76 bits per heavy atom. The minimum Gasteiger partial charge on any atom is -0.464 e. The number of benzene rings is 2. The summed E-state index contributed by atoms with van der Waals surface area (Å²) in [6.45, 7) is 11.6. The lowest BCUT2D eigenvalue weighted by molar-refractivity contribution is -0.158. The summed E-state index contributed by atoms with van der Waals surface area (Å²) in [5.74, 6) is -4.16. The molecule has 5 heterocycles. The zero-order valence-corrected chi connectivity index (χ0v) is 43.0. The summed E-state index contributed by atoms with van der Waals surface area (Å²) >= 11 is 0.